The van der Waals surface area contributed by atoms with Gasteiger partial charge >= 0.3 is 0 Å². The van der Waals surface area contributed by atoms with Crippen LogP contribution in [0.5, 0.6) is 11.6 Å². The maximum absolute atomic E-state index is 6.27. The average molecular weight is 333 g/mol. The number of fused-ring (bicyclic) bond motifs is 1. The van der Waals surface area contributed by atoms with Crippen molar-refractivity contribution in [2.75, 3.05) is 18.0 Å². The number of piperidine rings is 1. The molecule has 0 radical (unpaired) electrons. The highest BCUT2D eigenvalue weighted by atomic mass is 16.5. The Kier molecular flexibility index (Phi) is 4.26. The Morgan fingerprint density at radius 3 is 2.32 bits per heavy atom. The van der Waals surface area contributed by atoms with Crippen LogP contribution < -0.4 is 9.64 Å². The highest BCUT2D eigenvalue weighted by Crippen LogP contribution is 2.34. The van der Waals surface area contributed by atoms with Gasteiger partial charge in [-0.1, -0.05) is 24.3 Å². The van der Waals surface area contributed by atoms with Crippen LogP contribution in [-0.2, 0) is 0 Å². The first-order valence-electron chi connectivity index (χ1n) is 8.98. The van der Waals surface area contributed by atoms with Gasteiger partial charge in [-0.3, -0.25) is 0 Å². The summed E-state index contributed by atoms with van der Waals surface area (Å²) in [5, 5.41) is 0. The molecule has 0 aliphatic carbocycles. The van der Waals surface area contributed by atoms with Gasteiger partial charge in [0.2, 0.25) is 0 Å². The van der Waals surface area contributed by atoms with Crippen molar-refractivity contribution in [3.63, 3.8) is 0 Å². The van der Waals surface area contributed by atoms with Gasteiger partial charge in [0.05, 0.1) is 11.0 Å². The molecule has 0 amide bonds. The molecule has 0 spiro atoms. The van der Waals surface area contributed by atoms with Crippen LogP contribution >= 0.6 is 0 Å². The molecule has 2 heterocycles. The molecular weight excluding hydrogens is 310 g/mol. The summed E-state index contributed by atoms with van der Waals surface area (Å²) < 4.78 is 6.27. The minimum absolute atomic E-state index is 0.606. The van der Waals surface area contributed by atoms with Crippen LogP contribution in [-0.4, -0.2) is 23.1 Å². The number of benzene rings is 2. The molecule has 4 nitrogen and oxygen atoms in total. The van der Waals surface area contributed by atoms with Crippen molar-refractivity contribution < 1.29 is 4.74 Å². The number of anilines is 1. The maximum atomic E-state index is 6.27. The van der Waals surface area contributed by atoms with Gasteiger partial charge in [-0.25, -0.2) is 9.97 Å². The second-order valence-electron chi connectivity index (χ2n) is 6.69. The molecule has 0 atom stereocenters. The number of nitrogens with zero attached hydrogens (tertiary/aromatic N) is 3. The fraction of sp³-hybridized carbons (Fsp3) is 0.333. The number of aryl methyl sites for hydroxylation is 1. The van der Waals surface area contributed by atoms with Crippen LogP contribution in [0.1, 0.15) is 30.4 Å². The summed E-state index contributed by atoms with van der Waals surface area (Å²) in [4.78, 5) is 12.0. The van der Waals surface area contributed by atoms with Crippen LogP contribution in [0.2, 0.25) is 0 Å². The standard InChI is InChI=1S/C21H23N3O/c1-15-9-8-12-19(16(15)2)25-21-20(24-13-6-3-7-14-24)22-17-10-4-5-11-18(17)23-21/h4-5,8-12H,3,6-7,13-14H2,1-2H3. The van der Waals surface area contributed by atoms with Crippen LogP contribution in [0.4, 0.5) is 5.82 Å². The van der Waals surface area contributed by atoms with E-state index in [4.69, 9.17) is 14.7 Å². The third kappa shape index (κ3) is 3.16. The molecule has 0 saturated carbocycles. The molecule has 1 saturated heterocycles. The van der Waals surface area contributed by atoms with Crippen LogP contribution in [0, 0.1) is 13.8 Å². The van der Waals surface area contributed by atoms with Crippen molar-refractivity contribution in [3.05, 3.63) is 53.6 Å². The Labute approximate surface area is 148 Å². The predicted octanol–water partition coefficient (Wildman–Crippen LogP) is 5.03. The van der Waals surface area contributed by atoms with E-state index in [-0.39, 0.29) is 0 Å². The summed E-state index contributed by atoms with van der Waals surface area (Å²) >= 11 is 0. The molecule has 1 aliphatic rings. The van der Waals surface area contributed by atoms with Gasteiger partial charge in [0.15, 0.2) is 5.82 Å². The SMILES string of the molecule is Cc1cccc(Oc2nc3ccccc3nc2N2CCCCC2)c1C. The van der Waals surface area contributed by atoms with Gasteiger partial charge < -0.3 is 9.64 Å². The smallest absolute Gasteiger partial charge is 0.263 e. The van der Waals surface area contributed by atoms with Gasteiger partial charge in [-0.2, -0.15) is 0 Å². The van der Waals surface area contributed by atoms with E-state index in [1.807, 2.05) is 36.4 Å². The topological polar surface area (TPSA) is 38.3 Å². The van der Waals surface area contributed by atoms with Crippen LogP contribution in [0.15, 0.2) is 42.5 Å². The van der Waals surface area contributed by atoms with Crippen LogP contribution in [0.25, 0.3) is 11.0 Å². The van der Waals surface area contributed by atoms with E-state index in [9.17, 15) is 0 Å². The number of hydrogen-bond acceptors (Lipinski definition) is 4. The van der Waals surface area contributed by atoms with Crippen molar-refractivity contribution in [2.24, 2.45) is 0 Å². The molecule has 1 aliphatic heterocycles. The Morgan fingerprint density at radius 1 is 0.840 bits per heavy atom. The van der Waals surface area contributed by atoms with Gasteiger partial charge in [-0.15, -0.1) is 0 Å². The monoisotopic (exact) mass is 333 g/mol. The summed E-state index contributed by atoms with van der Waals surface area (Å²) in [6, 6.07) is 14.1. The second kappa shape index (κ2) is 6.71. The van der Waals surface area contributed by atoms with Crippen molar-refractivity contribution in [2.45, 2.75) is 33.1 Å². The number of aromatic nitrogens is 2. The largest absolute Gasteiger partial charge is 0.436 e. The Balaban J connectivity index is 1.80. The third-order valence-electron chi connectivity index (χ3n) is 4.94. The molecule has 1 aromatic heterocycles. The second-order valence-corrected chi connectivity index (χ2v) is 6.69. The minimum Gasteiger partial charge on any atom is -0.436 e. The van der Waals surface area contributed by atoms with Gasteiger partial charge in [0.25, 0.3) is 5.88 Å². The normalized spacial score (nSPS) is 14.7. The highest BCUT2D eigenvalue weighted by Gasteiger charge is 2.20. The Morgan fingerprint density at radius 2 is 1.56 bits per heavy atom. The molecule has 2 aromatic carbocycles. The lowest BCUT2D eigenvalue weighted by Crippen LogP contribution is -2.30. The number of hydrogen-bond donors (Lipinski definition) is 0. The maximum Gasteiger partial charge on any atom is 0.263 e. The molecule has 3 aromatic rings. The van der Waals surface area contributed by atoms with E-state index in [0.29, 0.717) is 5.88 Å². The molecule has 4 heteroatoms. The molecule has 128 valence electrons. The molecule has 4 rings (SSSR count). The zero-order valence-electron chi connectivity index (χ0n) is 14.8. The molecule has 0 bridgehead atoms. The first-order valence-corrected chi connectivity index (χ1v) is 8.98. The fourth-order valence-electron chi connectivity index (χ4n) is 3.29. The summed E-state index contributed by atoms with van der Waals surface area (Å²) in [5.74, 6) is 2.32. The number of ether oxygens (including phenoxy) is 1. The van der Waals surface area contributed by atoms with Crippen molar-refractivity contribution in [1.82, 2.24) is 9.97 Å². The van der Waals surface area contributed by atoms with Gasteiger partial charge in [-0.05, 0) is 62.4 Å². The first-order chi connectivity index (χ1) is 12.2. The van der Waals surface area contributed by atoms with E-state index in [1.54, 1.807) is 0 Å². The summed E-state index contributed by atoms with van der Waals surface area (Å²) in [5.41, 5.74) is 4.13. The molecule has 0 N–H and O–H groups in total. The summed E-state index contributed by atoms with van der Waals surface area (Å²) in [6.45, 7) is 6.20. The lowest BCUT2D eigenvalue weighted by atomic mass is 10.1. The zero-order valence-corrected chi connectivity index (χ0v) is 14.8. The van der Waals surface area contributed by atoms with E-state index < -0.39 is 0 Å². The first kappa shape index (κ1) is 15.9. The minimum atomic E-state index is 0.606. The highest BCUT2D eigenvalue weighted by molar-refractivity contribution is 5.77. The molecule has 0 unspecified atom stereocenters. The average Bonchev–Trinajstić information content (AvgIpc) is 2.65. The molecule has 25 heavy (non-hydrogen) atoms. The van der Waals surface area contributed by atoms with Crippen molar-refractivity contribution in [1.29, 1.82) is 0 Å². The van der Waals surface area contributed by atoms with E-state index >= 15 is 0 Å². The number of rotatable bonds is 3. The van der Waals surface area contributed by atoms with E-state index in [0.717, 1.165) is 41.3 Å². The molecular formula is C21H23N3O. The third-order valence-corrected chi connectivity index (χ3v) is 4.94. The van der Waals surface area contributed by atoms with Crippen molar-refractivity contribution >= 4 is 16.9 Å². The lowest BCUT2D eigenvalue weighted by molar-refractivity contribution is 0.453. The fourth-order valence-corrected chi connectivity index (χ4v) is 3.29. The predicted molar refractivity (Wildman–Crippen MR) is 102 cm³/mol. The number of para-hydroxylation sites is 2. The summed E-state index contributed by atoms with van der Waals surface area (Å²) in [7, 11) is 0. The summed E-state index contributed by atoms with van der Waals surface area (Å²) in [6.07, 6.45) is 3.67. The molecule has 1 fully saturated rings. The lowest BCUT2D eigenvalue weighted by Gasteiger charge is -2.28. The van der Waals surface area contributed by atoms with Crippen molar-refractivity contribution in [3.8, 4) is 11.6 Å². The zero-order chi connectivity index (χ0) is 17.2. The Bertz CT molecular complexity index is 901. The Hall–Kier alpha value is -2.62. The van der Waals surface area contributed by atoms with Gasteiger partial charge in [0.1, 0.15) is 5.75 Å². The van der Waals surface area contributed by atoms with E-state index in [2.05, 4.69) is 24.8 Å². The van der Waals surface area contributed by atoms with Gasteiger partial charge in [0, 0.05) is 13.1 Å². The quantitative estimate of drug-likeness (QED) is 0.674. The van der Waals surface area contributed by atoms with E-state index in [1.165, 1.54) is 24.8 Å². The van der Waals surface area contributed by atoms with Crippen LogP contribution in [0.3, 0.4) is 0 Å².